The maximum atomic E-state index is 5.05. The molecule has 0 aromatic carbocycles. The van der Waals surface area contributed by atoms with Crippen LogP contribution >= 0.6 is 0 Å². The Kier molecular flexibility index (Phi) is 4.39. The van der Waals surface area contributed by atoms with Crippen molar-refractivity contribution in [3.05, 3.63) is 0 Å². The Morgan fingerprint density at radius 1 is 1.75 bits per heavy atom. The van der Waals surface area contributed by atoms with Crippen LogP contribution in [0.25, 0.3) is 0 Å². The predicted molar refractivity (Wildman–Crippen MR) is 34.5 cm³/mol. The Labute approximate surface area is 51.0 Å². The van der Waals surface area contributed by atoms with E-state index in [1.807, 2.05) is 0 Å². The lowest BCUT2D eigenvalue weighted by atomic mass is 10.1. The Hall–Kier alpha value is -0.480. The summed E-state index contributed by atoms with van der Waals surface area (Å²) < 4.78 is 4.86. The highest BCUT2D eigenvalue weighted by atomic mass is 16.5. The molecule has 0 fully saturated rings. The minimum Gasteiger partial charge on any atom is -0.384 e. The molecule has 0 N–H and O–H groups in total. The van der Waals surface area contributed by atoms with Gasteiger partial charge in [-0.1, -0.05) is 6.92 Å². The second kappa shape index (κ2) is 4.67. The molecular weight excluding hydrogens is 100 g/mol. The molecule has 0 aliphatic rings. The van der Waals surface area contributed by atoms with Crippen LogP contribution in [-0.2, 0) is 4.74 Å². The van der Waals surface area contributed by atoms with Gasteiger partial charge >= 0.3 is 0 Å². The quantitative estimate of drug-likeness (QED) is 0.500. The number of ether oxygens (including phenoxy) is 1. The second-order valence-corrected chi connectivity index (χ2v) is 1.97. The summed E-state index contributed by atoms with van der Waals surface area (Å²) in [6.45, 7) is 2.84. The summed E-state index contributed by atoms with van der Waals surface area (Å²) in [5.74, 6) is 3.08. The van der Waals surface area contributed by atoms with Gasteiger partial charge in [-0.2, -0.15) is 0 Å². The maximum Gasteiger partial charge on any atom is 0.0496 e. The van der Waals surface area contributed by atoms with E-state index in [1.165, 1.54) is 0 Å². The third-order valence-electron chi connectivity index (χ3n) is 0.917. The molecular formula is C7H12O. The highest BCUT2D eigenvalue weighted by Gasteiger charge is 1.95. The molecule has 0 radical (unpaired) electrons. The molecule has 0 heterocycles. The Morgan fingerprint density at radius 3 is 2.75 bits per heavy atom. The van der Waals surface area contributed by atoms with Crippen molar-refractivity contribution in [1.82, 2.24) is 0 Å². The lowest BCUT2D eigenvalue weighted by Gasteiger charge is -2.02. The summed E-state index contributed by atoms with van der Waals surface area (Å²) in [6, 6.07) is 0. The van der Waals surface area contributed by atoms with Crippen molar-refractivity contribution in [1.29, 1.82) is 0 Å². The fourth-order valence-corrected chi connectivity index (χ4v) is 0.545. The molecule has 8 heavy (non-hydrogen) atoms. The molecule has 0 aliphatic carbocycles. The zero-order valence-electron chi connectivity index (χ0n) is 5.48. The molecule has 0 amide bonds. The van der Waals surface area contributed by atoms with Crippen LogP contribution in [0.1, 0.15) is 13.3 Å². The lowest BCUT2D eigenvalue weighted by molar-refractivity contribution is 0.161. The first kappa shape index (κ1) is 7.52. The van der Waals surface area contributed by atoms with Gasteiger partial charge in [-0.3, -0.25) is 0 Å². The molecule has 0 rings (SSSR count). The number of hydrogen-bond donors (Lipinski definition) is 0. The van der Waals surface area contributed by atoms with Crippen LogP contribution in [0.5, 0.6) is 0 Å². The topological polar surface area (TPSA) is 9.23 Å². The van der Waals surface area contributed by atoms with Gasteiger partial charge in [0.15, 0.2) is 0 Å². The summed E-state index contributed by atoms with van der Waals surface area (Å²) in [6.07, 6.45) is 5.87. The van der Waals surface area contributed by atoms with Crippen molar-refractivity contribution in [2.45, 2.75) is 13.3 Å². The van der Waals surface area contributed by atoms with Crippen molar-refractivity contribution >= 4 is 0 Å². The van der Waals surface area contributed by atoms with Gasteiger partial charge in [-0.05, 0) is 5.92 Å². The van der Waals surface area contributed by atoms with Gasteiger partial charge in [0.2, 0.25) is 0 Å². The second-order valence-electron chi connectivity index (χ2n) is 1.97. The molecule has 0 saturated heterocycles. The van der Waals surface area contributed by atoms with Crippen molar-refractivity contribution in [3.63, 3.8) is 0 Å². The van der Waals surface area contributed by atoms with Crippen molar-refractivity contribution in [2.75, 3.05) is 13.7 Å². The Morgan fingerprint density at radius 2 is 2.38 bits per heavy atom. The fourth-order valence-electron chi connectivity index (χ4n) is 0.545. The van der Waals surface area contributed by atoms with E-state index in [4.69, 9.17) is 11.2 Å². The van der Waals surface area contributed by atoms with Crippen LogP contribution in [0.15, 0.2) is 0 Å². The van der Waals surface area contributed by atoms with Crippen LogP contribution in [0, 0.1) is 18.3 Å². The first-order chi connectivity index (χ1) is 3.81. The number of terminal acetylenes is 1. The first-order valence-electron chi connectivity index (χ1n) is 2.73. The Bertz CT molecular complexity index is 80.9. The van der Waals surface area contributed by atoms with Gasteiger partial charge in [0.25, 0.3) is 0 Å². The van der Waals surface area contributed by atoms with E-state index < -0.39 is 0 Å². The average Bonchev–Trinajstić information content (AvgIpc) is 1.68. The number of methoxy groups -OCH3 is 1. The monoisotopic (exact) mass is 112 g/mol. The molecule has 1 nitrogen and oxygen atoms in total. The summed E-state index contributed by atoms with van der Waals surface area (Å²) in [7, 11) is 1.69. The number of hydrogen-bond acceptors (Lipinski definition) is 1. The molecule has 0 aliphatic heterocycles. The molecule has 0 aromatic heterocycles. The van der Waals surface area contributed by atoms with Crippen molar-refractivity contribution in [3.8, 4) is 12.3 Å². The maximum absolute atomic E-state index is 5.05. The minimum absolute atomic E-state index is 0.505. The minimum atomic E-state index is 0.505. The van der Waals surface area contributed by atoms with Gasteiger partial charge in [0.05, 0.1) is 0 Å². The molecule has 1 atom stereocenters. The predicted octanol–water partition coefficient (Wildman–Crippen LogP) is 1.29. The van der Waals surface area contributed by atoms with Crippen molar-refractivity contribution < 1.29 is 4.74 Å². The third kappa shape index (κ3) is 3.70. The molecule has 0 unspecified atom stereocenters. The standard InChI is InChI=1S/C7H12O/c1-4-5-7(2)6-8-3/h1,7H,5-6H2,2-3H3/t7-/m0/s1. The molecule has 1 heteroatoms. The lowest BCUT2D eigenvalue weighted by Crippen LogP contribution is -2.01. The van der Waals surface area contributed by atoms with E-state index >= 15 is 0 Å². The zero-order chi connectivity index (χ0) is 6.41. The summed E-state index contributed by atoms with van der Waals surface area (Å²) >= 11 is 0. The molecule has 0 aromatic rings. The average molecular weight is 112 g/mol. The highest BCUT2D eigenvalue weighted by molar-refractivity contribution is 4.85. The molecule has 46 valence electrons. The van der Waals surface area contributed by atoms with Gasteiger partial charge in [0.1, 0.15) is 0 Å². The summed E-state index contributed by atoms with van der Waals surface area (Å²) in [5.41, 5.74) is 0. The van der Waals surface area contributed by atoms with E-state index in [0.29, 0.717) is 5.92 Å². The summed E-state index contributed by atoms with van der Waals surface area (Å²) in [4.78, 5) is 0. The van der Waals surface area contributed by atoms with Crippen LogP contribution in [0.2, 0.25) is 0 Å². The van der Waals surface area contributed by atoms with Gasteiger partial charge in [-0.15, -0.1) is 12.3 Å². The Balaban J connectivity index is 3.08. The van der Waals surface area contributed by atoms with Gasteiger partial charge in [-0.25, -0.2) is 0 Å². The molecule has 0 saturated carbocycles. The fraction of sp³-hybridized carbons (Fsp3) is 0.714. The van der Waals surface area contributed by atoms with Crippen LogP contribution in [-0.4, -0.2) is 13.7 Å². The van der Waals surface area contributed by atoms with Crippen LogP contribution in [0.3, 0.4) is 0 Å². The molecule has 0 spiro atoms. The normalized spacial score (nSPS) is 12.6. The number of rotatable bonds is 3. The van der Waals surface area contributed by atoms with E-state index in [1.54, 1.807) is 7.11 Å². The highest BCUT2D eigenvalue weighted by Crippen LogP contribution is 1.98. The van der Waals surface area contributed by atoms with E-state index in [0.717, 1.165) is 13.0 Å². The van der Waals surface area contributed by atoms with E-state index in [2.05, 4.69) is 12.8 Å². The summed E-state index contributed by atoms with van der Waals surface area (Å²) in [5, 5.41) is 0. The SMILES string of the molecule is C#CC[C@H](C)COC. The molecule has 0 bridgehead atoms. The van der Waals surface area contributed by atoms with E-state index in [-0.39, 0.29) is 0 Å². The van der Waals surface area contributed by atoms with Gasteiger partial charge in [0, 0.05) is 20.1 Å². The first-order valence-corrected chi connectivity index (χ1v) is 2.73. The smallest absolute Gasteiger partial charge is 0.0496 e. The van der Waals surface area contributed by atoms with Crippen molar-refractivity contribution in [2.24, 2.45) is 5.92 Å². The van der Waals surface area contributed by atoms with Crippen LogP contribution < -0.4 is 0 Å². The zero-order valence-corrected chi connectivity index (χ0v) is 5.48. The van der Waals surface area contributed by atoms with Crippen LogP contribution in [0.4, 0.5) is 0 Å². The van der Waals surface area contributed by atoms with E-state index in [9.17, 15) is 0 Å². The largest absolute Gasteiger partial charge is 0.384 e. The van der Waals surface area contributed by atoms with Gasteiger partial charge < -0.3 is 4.74 Å². The third-order valence-corrected chi connectivity index (χ3v) is 0.917.